The number of aryl methyl sites for hydroxylation is 1. The molecule has 0 N–H and O–H groups in total. The summed E-state index contributed by atoms with van der Waals surface area (Å²) in [4.78, 5) is 11.4. The second-order valence-electron chi connectivity index (χ2n) is 4.07. The summed E-state index contributed by atoms with van der Waals surface area (Å²) in [5.74, 6) is -0.350. The van der Waals surface area contributed by atoms with Crippen molar-refractivity contribution in [1.29, 1.82) is 0 Å². The minimum Gasteiger partial charge on any atom is -0.472 e. The molecule has 3 rings (SSSR count). The van der Waals surface area contributed by atoms with Crippen molar-refractivity contribution in [3.63, 3.8) is 0 Å². The number of hydrogen-bond donors (Lipinski definition) is 0. The average Bonchev–Trinajstić information content (AvgIpc) is 2.98. The van der Waals surface area contributed by atoms with Gasteiger partial charge in [-0.2, -0.15) is 0 Å². The molecule has 0 aliphatic rings. The van der Waals surface area contributed by atoms with Gasteiger partial charge in [0.2, 0.25) is 0 Å². The summed E-state index contributed by atoms with van der Waals surface area (Å²) in [7, 11) is 1.69. The van der Waals surface area contributed by atoms with Crippen molar-refractivity contribution in [1.82, 2.24) is 4.57 Å². The van der Waals surface area contributed by atoms with Gasteiger partial charge in [-0.1, -0.05) is 22.0 Å². The third-order valence-electron chi connectivity index (χ3n) is 2.94. The first-order valence-electron chi connectivity index (χ1n) is 5.42. The summed E-state index contributed by atoms with van der Waals surface area (Å²) < 4.78 is 11.7. The number of aromatic nitrogens is 1. The lowest BCUT2D eigenvalue weighted by atomic mass is 10.1. The van der Waals surface area contributed by atoms with E-state index in [0.717, 1.165) is 16.6 Å². The number of oxazole rings is 1. The Morgan fingerprint density at radius 1 is 1.28 bits per heavy atom. The molecule has 0 aliphatic carbocycles. The zero-order valence-electron chi connectivity index (χ0n) is 9.59. The Morgan fingerprint density at radius 3 is 2.83 bits per heavy atom. The van der Waals surface area contributed by atoms with Crippen LogP contribution in [-0.2, 0) is 7.05 Å². The lowest BCUT2D eigenvalue weighted by molar-refractivity contribution is 0.528. The van der Waals surface area contributed by atoms with Crippen LogP contribution in [0.15, 0.2) is 50.4 Å². The van der Waals surface area contributed by atoms with Gasteiger partial charge >= 0.3 is 5.76 Å². The predicted octanol–water partition coefficient (Wildman–Crippen LogP) is 3.21. The van der Waals surface area contributed by atoms with E-state index < -0.39 is 0 Å². The molecular weight excluding hydrogens is 298 g/mol. The van der Waals surface area contributed by atoms with Crippen LogP contribution >= 0.6 is 15.9 Å². The van der Waals surface area contributed by atoms with Crippen LogP contribution in [-0.4, -0.2) is 4.57 Å². The second-order valence-corrected chi connectivity index (χ2v) is 4.99. The molecule has 18 heavy (non-hydrogen) atoms. The van der Waals surface area contributed by atoms with Crippen molar-refractivity contribution in [2.75, 3.05) is 0 Å². The molecule has 1 aromatic carbocycles. The normalized spacial score (nSPS) is 13.0. The molecule has 0 fully saturated rings. The van der Waals surface area contributed by atoms with E-state index in [2.05, 4.69) is 15.9 Å². The van der Waals surface area contributed by atoms with Crippen LogP contribution < -0.4 is 5.76 Å². The lowest BCUT2D eigenvalue weighted by Gasteiger charge is -2.07. The fourth-order valence-corrected chi connectivity index (χ4v) is 2.47. The van der Waals surface area contributed by atoms with E-state index in [1.807, 2.05) is 24.3 Å². The summed E-state index contributed by atoms with van der Waals surface area (Å²) in [6, 6.07) is 7.60. The average molecular weight is 308 g/mol. The van der Waals surface area contributed by atoms with Gasteiger partial charge in [0, 0.05) is 12.6 Å². The maximum Gasteiger partial charge on any atom is 0.419 e. The Hall–Kier alpha value is -1.75. The fraction of sp³-hybridized carbons (Fsp3) is 0.154. The maximum absolute atomic E-state index is 11.4. The van der Waals surface area contributed by atoms with Crippen LogP contribution in [0.25, 0.3) is 11.1 Å². The van der Waals surface area contributed by atoms with Gasteiger partial charge in [0.15, 0.2) is 5.58 Å². The van der Waals surface area contributed by atoms with Crippen LogP contribution in [0, 0.1) is 0 Å². The highest BCUT2D eigenvalue weighted by atomic mass is 79.9. The highest BCUT2D eigenvalue weighted by Gasteiger charge is 2.14. The van der Waals surface area contributed by atoms with Crippen molar-refractivity contribution in [3.05, 3.63) is 58.5 Å². The summed E-state index contributed by atoms with van der Waals surface area (Å²) in [5.41, 5.74) is 3.41. The van der Waals surface area contributed by atoms with E-state index in [1.165, 1.54) is 4.57 Å². The molecule has 0 spiro atoms. The first kappa shape index (κ1) is 11.3. The van der Waals surface area contributed by atoms with Crippen molar-refractivity contribution in [3.8, 4) is 0 Å². The van der Waals surface area contributed by atoms with Crippen molar-refractivity contribution >= 4 is 27.0 Å². The summed E-state index contributed by atoms with van der Waals surface area (Å²) >= 11 is 3.60. The van der Waals surface area contributed by atoms with Crippen LogP contribution in [0.4, 0.5) is 0 Å². The third kappa shape index (κ3) is 1.71. The lowest BCUT2D eigenvalue weighted by Crippen LogP contribution is -2.08. The van der Waals surface area contributed by atoms with Crippen LogP contribution in [0.1, 0.15) is 16.0 Å². The SMILES string of the molecule is Cn1c(=O)oc2cc(C(Br)c3ccoc3)ccc21. The van der Waals surface area contributed by atoms with Crippen molar-refractivity contribution < 1.29 is 8.83 Å². The molecule has 0 radical (unpaired) electrons. The second kappa shape index (κ2) is 4.17. The number of rotatable bonds is 2. The Morgan fingerprint density at radius 2 is 2.11 bits per heavy atom. The fourth-order valence-electron chi connectivity index (χ4n) is 1.92. The standard InChI is InChI=1S/C13H10BrNO3/c1-15-10-3-2-8(6-11(10)18-13(15)16)12(14)9-4-5-17-7-9/h2-7,12H,1H3. The molecule has 3 aromatic rings. The first-order chi connectivity index (χ1) is 8.66. The molecule has 1 atom stereocenters. The van der Waals surface area contributed by atoms with Gasteiger partial charge in [-0.05, 0) is 23.8 Å². The Balaban J connectivity index is 2.11. The van der Waals surface area contributed by atoms with Crippen LogP contribution in [0.5, 0.6) is 0 Å². The number of nitrogens with zero attached hydrogens (tertiary/aromatic N) is 1. The Labute approximate surface area is 111 Å². The minimum absolute atomic E-state index is 0.0196. The number of benzene rings is 1. The van der Waals surface area contributed by atoms with E-state index in [1.54, 1.807) is 19.6 Å². The molecule has 0 bridgehead atoms. The minimum atomic E-state index is -0.350. The molecule has 5 heteroatoms. The molecule has 92 valence electrons. The van der Waals surface area contributed by atoms with E-state index in [4.69, 9.17) is 8.83 Å². The molecule has 0 amide bonds. The van der Waals surface area contributed by atoms with Crippen LogP contribution in [0.2, 0.25) is 0 Å². The third-order valence-corrected chi connectivity index (χ3v) is 4.00. The van der Waals surface area contributed by atoms with Crippen molar-refractivity contribution in [2.45, 2.75) is 4.83 Å². The number of alkyl halides is 1. The number of halogens is 1. The number of furan rings is 1. The molecule has 2 heterocycles. The largest absolute Gasteiger partial charge is 0.472 e. The summed E-state index contributed by atoms with van der Waals surface area (Å²) in [6.07, 6.45) is 3.32. The van der Waals surface area contributed by atoms with Gasteiger partial charge in [0.1, 0.15) is 0 Å². The predicted molar refractivity (Wildman–Crippen MR) is 70.9 cm³/mol. The van der Waals surface area contributed by atoms with Crippen molar-refractivity contribution in [2.24, 2.45) is 7.05 Å². The monoisotopic (exact) mass is 307 g/mol. The molecule has 4 nitrogen and oxygen atoms in total. The maximum atomic E-state index is 11.4. The first-order valence-corrected chi connectivity index (χ1v) is 6.34. The summed E-state index contributed by atoms with van der Waals surface area (Å²) in [5, 5.41) is 0. The van der Waals surface area contributed by atoms with Gasteiger partial charge in [-0.15, -0.1) is 0 Å². The smallest absolute Gasteiger partial charge is 0.419 e. The van der Waals surface area contributed by atoms with Gasteiger partial charge < -0.3 is 8.83 Å². The molecule has 2 aromatic heterocycles. The van der Waals surface area contributed by atoms with Gasteiger partial charge in [-0.3, -0.25) is 4.57 Å². The number of fused-ring (bicyclic) bond motifs is 1. The van der Waals surface area contributed by atoms with Gasteiger partial charge in [0.05, 0.1) is 22.9 Å². The summed E-state index contributed by atoms with van der Waals surface area (Å²) in [6.45, 7) is 0. The van der Waals surface area contributed by atoms with E-state index in [0.29, 0.717) is 5.58 Å². The topological polar surface area (TPSA) is 48.3 Å². The Kier molecular flexibility index (Phi) is 2.63. The zero-order chi connectivity index (χ0) is 12.7. The molecule has 0 saturated heterocycles. The van der Waals surface area contributed by atoms with Gasteiger partial charge in [0.25, 0.3) is 0 Å². The quantitative estimate of drug-likeness (QED) is 0.683. The van der Waals surface area contributed by atoms with Crippen LogP contribution in [0.3, 0.4) is 0 Å². The van der Waals surface area contributed by atoms with E-state index >= 15 is 0 Å². The molecular formula is C13H10BrNO3. The van der Waals surface area contributed by atoms with E-state index in [9.17, 15) is 4.79 Å². The molecule has 1 unspecified atom stereocenters. The zero-order valence-corrected chi connectivity index (χ0v) is 11.2. The molecule has 0 saturated carbocycles. The molecule has 0 aliphatic heterocycles. The van der Waals surface area contributed by atoms with E-state index in [-0.39, 0.29) is 10.6 Å². The number of hydrogen-bond acceptors (Lipinski definition) is 3. The van der Waals surface area contributed by atoms with Gasteiger partial charge in [-0.25, -0.2) is 4.79 Å². The highest BCUT2D eigenvalue weighted by molar-refractivity contribution is 9.09. The highest BCUT2D eigenvalue weighted by Crippen LogP contribution is 2.32. The Bertz CT molecular complexity index is 739.